The Hall–Kier alpha value is -1.56. The first-order valence-electron chi connectivity index (χ1n) is 3.29. The van der Waals surface area contributed by atoms with Crippen LogP contribution in [0.5, 0.6) is 0 Å². The fraction of sp³-hybridized carbons (Fsp3) is 0.167. The maximum Gasteiger partial charge on any atom is 0.327 e. The number of amides is 3. The number of alkyl halides is 1. The van der Waals surface area contributed by atoms with Gasteiger partial charge in [-0.15, -0.1) is 11.6 Å². The van der Waals surface area contributed by atoms with E-state index in [2.05, 4.69) is 15.0 Å². The van der Waals surface area contributed by atoms with Gasteiger partial charge in [-0.2, -0.15) is 0 Å². The first-order chi connectivity index (χ1) is 6.22. The van der Waals surface area contributed by atoms with Crippen molar-refractivity contribution in [2.24, 2.45) is 0 Å². The van der Waals surface area contributed by atoms with E-state index in [1.807, 2.05) is 5.32 Å². The highest BCUT2D eigenvalue weighted by molar-refractivity contribution is 6.28. The fourth-order valence-corrected chi connectivity index (χ4v) is 0.651. The molecule has 3 amide bonds. The van der Waals surface area contributed by atoms with E-state index < -0.39 is 11.9 Å². The van der Waals surface area contributed by atoms with Crippen LogP contribution < -0.4 is 10.6 Å². The van der Waals surface area contributed by atoms with Crippen LogP contribution in [-0.4, -0.2) is 23.0 Å². The first kappa shape index (κ1) is 9.53. The molecule has 0 aliphatic heterocycles. The van der Waals surface area contributed by atoms with Crippen LogP contribution in [0.1, 0.15) is 0 Å². The maximum absolute atomic E-state index is 10.9. The van der Waals surface area contributed by atoms with Crippen molar-refractivity contribution in [3.63, 3.8) is 0 Å². The topological polar surface area (TPSA) is 84.2 Å². The predicted molar refractivity (Wildman–Crippen MR) is 44.4 cm³/mol. The first-order valence-corrected chi connectivity index (χ1v) is 3.83. The van der Waals surface area contributed by atoms with E-state index in [0.717, 1.165) is 0 Å². The van der Waals surface area contributed by atoms with Crippen molar-refractivity contribution in [1.29, 1.82) is 0 Å². The van der Waals surface area contributed by atoms with Gasteiger partial charge in [-0.3, -0.25) is 15.4 Å². The fourth-order valence-electron chi connectivity index (χ4n) is 0.585. The molecule has 0 saturated carbocycles. The second-order valence-corrected chi connectivity index (χ2v) is 2.29. The van der Waals surface area contributed by atoms with Crippen LogP contribution in [-0.2, 0) is 4.79 Å². The van der Waals surface area contributed by atoms with Gasteiger partial charge in [0.1, 0.15) is 12.1 Å². The number of urea groups is 1. The van der Waals surface area contributed by atoms with Gasteiger partial charge < -0.3 is 4.52 Å². The molecule has 1 aromatic rings. The van der Waals surface area contributed by atoms with Crippen LogP contribution in [0.3, 0.4) is 0 Å². The van der Waals surface area contributed by atoms with E-state index in [1.165, 1.54) is 12.3 Å². The molecule has 0 bridgehead atoms. The van der Waals surface area contributed by atoms with Crippen molar-refractivity contribution in [2.45, 2.75) is 0 Å². The molecule has 0 fully saturated rings. The lowest BCUT2D eigenvalue weighted by molar-refractivity contribution is -0.117. The van der Waals surface area contributed by atoms with Crippen molar-refractivity contribution in [2.75, 3.05) is 11.2 Å². The van der Waals surface area contributed by atoms with E-state index in [9.17, 15) is 9.59 Å². The molecule has 1 heterocycles. The van der Waals surface area contributed by atoms with Gasteiger partial charge in [0.2, 0.25) is 5.91 Å². The van der Waals surface area contributed by atoms with Gasteiger partial charge in [-0.05, 0) is 0 Å². The summed E-state index contributed by atoms with van der Waals surface area (Å²) in [4.78, 5) is 21.5. The molecular formula is C6H6ClN3O3. The quantitative estimate of drug-likeness (QED) is 0.688. The molecule has 1 aromatic heterocycles. The van der Waals surface area contributed by atoms with E-state index >= 15 is 0 Å². The summed E-state index contributed by atoms with van der Waals surface area (Å²) in [6.07, 6.45) is 1.29. The van der Waals surface area contributed by atoms with E-state index in [0.29, 0.717) is 0 Å². The normalized spacial score (nSPS) is 9.31. The minimum Gasteiger partial charge on any atom is -0.363 e. The lowest BCUT2D eigenvalue weighted by Gasteiger charge is -2.00. The molecule has 0 saturated heterocycles. The zero-order valence-corrected chi connectivity index (χ0v) is 7.17. The Kier molecular flexibility index (Phi) is 3.27. The smallest absolute Gasteiger partial charge is 0.327 e. The van der Waals surface area contributed by atoms with Gasteiger partial charge in [0.25, 0.3) is 0 Å². The molecule has 0 unspecified atom stereocenters. The highest BCUT2D eigenvalue weighted by atomic mass is 35.5. The summed E-state index contributed by atoms with van der Waals surface area (Å²) < 4.78 is 4.44. The standard InChI is InChI=1S/C6H6ClN3O3/c7-3-5(11)9-6(12)8-4-1-2-13-10-4/h1-2H,3H2,(H2,8,9,10,11,12). The van der Waals surface area contributed by atoms with Crippen molar-refractivity contribution in [3.05, 3.63) is 12.3 Å². The van der Waals surface area contributed by atoms with Crippen LogP contribution in [0.4, 0.5) is 10.6 Å². The monoisotopic (exact) mass is 203 g/mol. The third-order valence-corrected chi connectivity index (χ3v) is 1.30. The zero-order valence-electron chi connectivity index (χ0n) is 6.41. The number of nitrogens with one attached hydrogen (secondary N) is 2. The number of imide groups is 1. The second-order valence-electron chi connectivity index (χ2n) is 2.02. The molecule has 0 spiro atoms. The molecule has 2 N–H and O–H groups in total. The molecule has 1 rings (SSSR count). The molecule has 0 aliphatic rings. The minimum atomic E-state index is -0.695. The van der Waals surface area contributed by atoms with Crippen LogP contribution in [0.25, 0.3) is 0 Å². The van der Waals surface area contributed by atoms with Gasteiger partial charge in [0, 0.05) is 6.07 Å². The zero-order chi connectivity index (χ0) is 9.68. The predicted octanol–water partition coefficient (Wildman–Crippen LogP) is 0.561. The van der Waals surface area contributed by atoms with Crippen LogP contribution in [0.2, 0.25) is 0 Å². The van der Waals surface area contributed by atoms with Crippen LogP contribution in [0.15, 0.2) is 16.9 Å². The average Bonchev–Trinajstić information content (AvgIpc) is 2.56. The summed E-state index contributed by atoms with van der Waals surface area (Å²) in [5.74, 6) is -0.630. The van der Waals surface area contributed by atoms with Gasteiger partial charge in [0.15, 0.2) is 5.82 Å². The molecule has 13 heavy (non-hydrogen) atoms. The number of aromatic nitrogens is 1. The van der Waals surface area contributed by atoms with Crippen molar-refractivity contribution in [1.82, 2.24) is 10.5 Å². The summed E-state index contributed by atoms with van der Waals surface area (Å²) in [6, 6.07) is 0.740. The Morgan fingerprint density at radius 1 is 1.62 bits per heavy atom. The molecule has 0 radical (unpaired) electrons. The Morgan fingerprint density at radius 2 is 2.38 bits per heavy atom. The average molecular weight is 204 g/mol. The number of halogens is 1. The summed E-state index contributed by atoms with van der Waals surface area (Å²) in [6.45, 7) is 0. The molecule has 0 aromatic carbocycles. The Morgan fingerprint density at radius 3 is 2.92 bits per heavy atom. The van der Waals surface area contributed by atoms with Gasteiger partial charge in [-0.25, -0.2) is 4.79 Å². The lowest BCUT2D eigenvalue weighted by Crippen LogP contribution is -2.35. The van der Waals surface area contributed by atoms with Gasteiger partial charge in [0.05, 0.1) is 0 Å². The third-order valence-electron chi connectivity index (χ3n) is 1.05. The highest BCUT2D eigenvalue weighted by Crippen LogP contribution is 1.99. The molecule has 7 heteroatoms. The minimum absolute atomic E-state index is 0.222. The van der Waals surface area contributed by atoms with Crippen molar-refractivity contribution in [3.8, 4) is 0 Å². The second kappa shape index (κ2) is 4.46. The summed E-state index contributed by atoms with van der Waals surface area (Å²) >= 11 is 5.15. The van der Waals surface area contributed by atoms with Crippen molar-refractivity contribution >= 4 is 29.4 Å². The molecule has 0 aliphatic carbocycles. The highest BCUT2D eigenvalue weighted by Gasteiger charge is 2.07. The molecular weight excluding hydrogens is 198 g/mol. The SMILES string of the molecule is O=C(CCl)NC(=O)Nc1ccon1. The lowest BCUT2D eigenvalue weighted by atomic mass is 10.6. The Balaban J connectivity index is 2.38. The number of nitrogens with zero attached hydrogens (tertiary/aromatic N) is 1. The third kappa shape index (κ3) is 3.12. The van der Waals surface area contributed by atoms with E-state index in [4.69, 9.17) is 11.6 Å². The maximum atomic E-state index is 10.9. The largest absolute Gasteiger partial charge is 0.363 e. The van der Waals surface area contributed by atoms with Crippen molar-refractivity contribution < 1.29 is 14.1 Å². The number of carbonyl (C=O) groups is 2. The number of anilines is 1. The molecule has 6 nitrogen and oxygen atoms in total. The van der Waals surface area contributed by atoms with Gasteiger partial charge >= 0.3 is 6.03 Å². The Labute approximate surface area is 78.2 Å². The van der Waals surface area contributed by atoms with Crippen LogP contribution >= 0.6 is 11.6 Å². The van der Waals surface area contributed by atoms with Gasteiger partial charge in [-0.1, -0.05) is 5.16 Å². The van der Waals surface area contributed by atoms with E-state index in [1.54, 1.807) is 0 Å². The molecule has 70 valence electrons. The number of hydrogen-bond acceptors (Lipinski definition) is 4. The Bertz CT molecular complexity index is 298. The summed E-state index contributed by atoms with van der Waals surface area (Å²) in [5, 5.41) is 7.62. The number of hydrogen-bond donors (Lipinski definition) is 2. The van der Waals surface area contributed by atoms with Crippen LogP contribution in [0, 0.1) is 0 Å². The number of carbonyl (C=O) groups excluding carboxylic acids is 2. The van der Waals surface area contributed by atoms with E-state index in [-0.39, 0.29) is 11.7 Å². The summed E-state index contributed by atoms with van der Waals surface area (Å²) in [7, 11) is 0. The number of rotatable bonds is 2. The molecule has 0 atom stereocenters. The summed E-state index contributed by atoms with van der Waals surface area (Å²) in [5.41, 5.74) is 0.